The van der Waals surface area contributed by atoms with Gasteiger partial charge in [0.2, 0.25) is 0 Å². The van der Waals surface area contributed by atoms with Crippen molar-refractivity contribution in [2.75, 3.05) is 14.2 Å². The van der Waals surface area contributed by atoms with Crippen molar-refractivity contribution in [3.8, 4) is 5.75 Å². The summed E-state index contributed by atoms with van der Waals surface area (Å²) in [6.07, 6.45) is 0.587. The maximum atomic E-state index is 11.0. The second-order valence-electron chi connectivity index (χ2n) is 4.56. The molecule has 0 aliphatic heterocycles. The van der Waals surface area contributed by atoms with Crippen molar-refractivity contribution in [2.24, 2.45) is 0 Å². The van der Waals surface area contributed by atoms with Gasteiger partial charge in [0.15, 0.2) is 0 Å². The lowest BCUT2D eigenvalue weighted by molar-refractivity contribution is -0.385. The molecule has 0 saturated heterocycles. The number of methoxy groups -OCH3 is 1. The average Bonchev–Trinajstić information content (AvgIpc) is 2.29. The summed E-state index contributed by atoms with van der Waals surface area (Å²) in [5, 5.41) is 14.1. The Kier molecular flexibility index (Phi) is 4.07. The summed E-state index contributed by atoms with van der Waals surface area (Å²) in [4.78, 5) is 10.6. The lowest BCUT2D eigenvalue weighted by Crippen LogP contribution is -2.38. The normalized spacial score (nSPS) is 11.3. The number of nitro benzene ring substituents is 1. The zero-order valence-corrected chi connectivity index (χ0v) is 10.6. The molecule has 5 heteroatoms. The Morgan fingerprint density at radius 1 is 1.47 bits per heavy atom. The van der Waals surface area contributed by atoms with Crippen LogP contribution in [0.3, 0.4) is 0 Å². The van der Waals surface area contributed by atoms with Crippen LogP contribution in [0.5, 0.6) is 5.75 Å². The molecule has 17 heavy (non-hydrogen) atoms. The van der Waals surface area contributed by atoms with Gasteiger partial charge in [0.25, 0.3) is 5.69 Å². The predicted molar refractivity (Wildman–Crippen MR) is 66.5 cm³/mol. The average molecular weight is 238 g/mol. The monoisotopic (exact) mass is 238 g/mol. The van der Waals surface area contributed by atoms with Crippen LogP contribution < -0.4 is 10.1 Å². The summed E-state index contributed by atoms with van der Waals surface area (Å²) in [6, 6.07) is 4.95. The zero-order valence-electron chi connectivity index (χ0n) is 10.6. The highest BCUT2D eigenvalue weighted by Crippen LogP contribution is 2.27. The first-order valence-electron chi connectivity index (χ1n) is 5.40. The van der Waals surface area contributed by atoms with Crippen LogP contribution in [0.2, 0.25) is 0 Å². The van der Waals surface area contributed by atoms with Gasteiger partial charge >= 0.3 is 0 Å². The van der Waals surface area contributed by atoms with Crippen molar-refractivity contribution in [3.05, 3.63) is 33.9 Å². The molecule has 94 valence electrons. The van der Waals surface area contributed by atoms with E-state index in [1.54, 1.807) is 12.1 Å². The Labute approximate surface area is 101 Å². The third-order valence-electron chi connectivity index (χ3n) is 2.80. The number of rotatable bonds is 5. The first-order chi connectivity index (χ1) is 7.89. The van der Waals surface area contributed by atoms with E-state index in [4.69, 9.17) is 4.74 Å². The zero-order chi connectivity index (χ0) is 13.1. The molecule has 0 radical (unpaired) electrons. The molecule has 0 bridgehead atoms. The quantitative estimate of drug-likeness (QED) is 0.630. The van der Waals surface area contributed by atoms with Crippen LogP contribution in [-0.4, -0.2) is 24.6 Å². The fraction of sp³-hybridized carbons (Fsp3) is 0.500. The van der Waals surface area contributed by atoms with Crippen LogP contribution in [0.15, 0.2) is 18.2 Å². The first-order valence-corrected chi connectivity index (χ1v) is 5.40. The Morgan fingerprint density at radius 3 is 2.59 bits per heavy atom. The summed E-state index contributed by atoms with van der Waals surface area (Å²) >= 11 is 0. The predicted octanol–water partition coefficient (Wildman–Crippen LogP) is 2.14. The van der Waals surface area contributed by atoms with E-state index in [0.717, 1.165) is 0 Å². The SMILES string of the molecule is CNC(C)(C)Cc1ccc(OC)cc1[N+](=O)[O-]. The van der Waals surface area contributed by atoms with Gasteiger partial charge < -0.3 is 10.1 Å². The Balaban J connectivity index is 3.11. The fourth-order valence-corrected chi connectivity index (χ4v) is 1.55. The molecule has 0 saturated carbocycles. The van der Waals surface area contributed by atoms with Crippen LogP contribution in [0.25, 0.3) is 0 Å². The number of hydrogen-bond donors (Lipinski definition) is 1. The van der Waals surface area contributed by atoms with Gasteiger partial charge in [-0.15, -0.1) is 0 Å². The number of nitrogens with one attached hydrogen (secondary N) is 1. The molecule has 0 aromatic heterocycles. The smallest absolute Gasteiger partial charge is 0.276 e. The van der Waals surface area contributed by atoms with E-state index in [1.165, 1.54) is 13.2 Å². The highest BCUT2D eigenvalue weighted by Gasteiger charge is 2.22. The molecule has 0 spiro atoms. The maximum Gasteiger partial charge on any atom is 0.276 e. The van der Waals surface area contributed by atoms with Crippen LogP contribution in [0.1, 0.15) is 19.4 Å². The minimum absolute atomic E-state index is 0.104. The minimum atomic E-state index is -0.371. The summed E-state index contributed by atoms with van der Waals surface area (Å²) in [5.74, 6) is 0.503. The fourth-order valence-electron chi connectivity index (χ4n) is 1.55. The molecule has 0 heterocycles. The molecule has 0 aliphatic carbocycles. The Hall–Kier alpha value is -1.62. The Morgan fingerprint density at radius 2 is 2.12 bits per heavy atom. The summed E-state index contributed by atoms with van der Waals surface area (Å²) in [7, 11) is 3.34. The van der Waals surface area contributed by atoms with Gasteiger partial charge in [-0.2, -0.15) is 0 Å². The highest BCUT2D eigenvalue weighted by molar-refractivity contribution is 5.46. The number of likely N-dealkylation sites (N-methyl/N-ethyl adjacent to an activating group) is 1. The molecule has 0 amide bonds. The van der Waals surface area contributed by atoms with Gasteiger partial charge in [-0.1, -0.05) is 0 Å². The topological polar surface area (TPSA) is 64.4 Å². The minimum Gasteiger partial charge on any atom is -0.497 e. The number of ether oxygens (including phenoxy) is 1. The number of nitro groups is 1. The lowest BCUT2D eigenvalue weighted by atomic mass is 9.94. The molecule has 1 N–H and O–H groups in total. The van der Waals surface area contributed by atoms with Gasteiger partial charge in [0, 0.05) is 11.1 Å². The highest BCUT2D eigenvalue weighted by atomic mass is 16.6. The molecule has 0 fully saturated rings. The largest absolute Gasteiger partial charge is 0.497 e. The van der Waals surface area contributed by atoms with E-state index < -0.39 is 0 Å². The second-order valence-corrected chi connectivity index (χ2v) is 4.56. The van der Waals surface area contributed by atoms with E-state index in [9.17, 15) is 10.1 Å². The third-order valence-corrected chi connectivity index (χ3v) is 2.80. The van der Waals surface area contributed by atoms with Gasteiger partial charge in [-0.05, 0) is 39.4 Å². The van der Waals surface area contributed by atoms with Gasteiger partial charge in [-0.25, -0.2) is 0 Å². The molecular weight excluding hydrogens is 220 g/mol. The molecule has 5 nitrogen and oxygen atoms in total. The molecule has 0 atom stereocenters. The van der Waals surface area contributed by atoms with Crippen molar-refractivity contribution in [2.45, 2.75) is 25.8 Å². The summed E-state index contributed by atoms with van der Waals surface area (Å²) in [5.41, 5.74) is 0.627. The Bertz CT molecular complexity index is 416. The molecular formula is C12H18N2O3. The van der Waals surface area contributed by atoms with E-state index >= 15 is 0 Å². The summed E-state index contributed by atoms with van der Waals surface area (Å²) < 4.78 is 5.00. The lowest BCUT2D eigenvalue weighted by Gasteiger charge is -2.23. The number of nitrogens with zero attached hydrogens (tertiary/aromatic N) is 1. The molecule has 0 aliphatic rings. The maximum absolute atomic E-state index is 11.0. The van der Waals surface area contributed by atoms with Crippen LogP contribution in [0, 0.1) is 10.1 Å². The number of hydrogen-bond acceptors (Lipinski definition) is 4. The van der Waals surface area contributed by atoms with Crippen molar-refractivity contribution < 1.29 is 9.66 Å². The van der Waals surface area contributed by atoms with Crippen LogP contribution in [0.4, 0.5) is 5.69 Å². The number of benzene rings is 1. The van der Waals surface area contributed by atoms with Gasteiger partial charge in [-0.3, -0.25) is 10.1 Å². The van der Waals surface area contributed by atoms with Gasteiger partial charge in [0.1, 0.15) is 5.75 Å². The third kappa shape index (κ3) is 3.42. The second kappa shape index (κ2) is 5.14. The van der Waals surface area contributed by atoms with E-state index in [0.29, 0.717) is 17.7 Å². The van der Waals surface area contributed by atoms with E-state index in [1.807, 2.05) is 20.9 Å². The van der Waals surface area contributed by atoms with Crippen molar-refractivity contribution in [1.29, 1.82) is 0 Å². The summed E-state index contributed by atoms with van der Waals surface area (Å²) in [6.45, 7) is 4.00. The van der Waals surface area contributed by atoms with Crippen molar-refractivity contribution >= 4 is 5.69 Å². The van der Waals surface area contributed by atoms with E-state index in [-0.39, 0.29) is 16.1 Å². The van der Waals surface area contributed by atoms with Crippen LogP contribution in [-0.2, 0) is 6.42 Å². The first kappa shape index (κ1) is 13.4. The standard InChI is InChI=1S/C12H18N2O3/c1-12(2,13-3)8-9-5-6-10(17-4)7-11(9)14(15)16/h5-7,13H,8H2,1-4H3. The van der Waals surface area contributed by atoms with Gasteiger partial charge in [0.05, 0.1) is 18.1 Å². The molecule has 1 aromatic carbocycles. The molecule has 1 rings (SSSR count). The molecule has 0 unspecified atom stereocenters. The van der Waals surface area contributed by atoms with Crippen LogP contribution >= 0.6 is 0 Å². The van der Waals surface area contributed by atoms with Crippen molar-refractivity contribution in [3.63, 3.8) is 0 Å². The molecule has 1 aromatic rings. The van der Waals surface area contributed by atoms with Crippen molar-refractivity contribution in [1.82, 2.24) is 5.32 Å². The van der Waals surface area contributed by atoms with E-state index in [2.05, 4.69) is 5.32 Å².